The van der Waals surface area contributed by atoms with Crippen LogP contribution in [0.2, 0.25) is 0 Å². The van der Waals surface area contributed by atoms with E-state index in [0.717, 1.165) is 12.8 Å². The number of rotatable bonds is 5. The summed E-state index contributed by atoms with van der Waals surface area (Å²) in [5.41, 5.74) is 0. The van der Waals surface area contributed by atoms with E-state index in [9.17, 15) is 4.79 Å². The summed E-state index contributed by atoms with van der Waals surface area (Å²) in [4.78, 5) is 10.1. The maximum absolute atomic E-state index is 11.4. The molecule has 1 unspecified atom stereocenters. The molecular formula is C9H13Cl3O2. The fourth-order valence-corrected chi connectivity index (χ4v) is 1.43. The molecule has 0 aromatic carbocycles. The average Bonchev–Trinajstić information content (AvgIpc) is 2.02. The third-order valence-electron chi connectivity index (χ3n) is 1.51. The molecule has 0 N–H and O–H groups in total. The SMILES string of the molecule is CCCCOC(=O)C(C)(Cl)C=C(Cl)Cl. The summed E-state index contributed by atoms with van der Waals surface area (Å²) >= 11 is 16.6. The van der Waals surface area contributed by atoms with Gasteiger partial charge in [-0.1, -0.05) is 36.5 Å². The van der Waals surface area contributed by atoms with Gasteiger partial charge in [0.1, 0.15) is 4.49 Å². The molecule has 0 amide bonds. The van der Waals surface area contributed by atoms with Crippen LogP contribution in [0.3, 0.4) is 0 Å². The first-order chi connectivity index (χ1) is 6.40. The van der Waals surface area contributed by atoms with Crippen molar-refractivity contribution in [1.82, 2.24) is 0 Å². The number of ether oxygens (including phenoxy) is 1. The maximum Gasteiger partial charge on any atom is 0.330 e. The van der Waals surface area contributed by atoms with Crippen molar-refractivity contribution in [3.05, 3.63) is 10.6 Å². The van der Waals surface area contributed by atoms with Gasteiger partial charge in [-0.25, -0.2) is 4.79 Å². The van der Waals surface area contributed by atoms with E-state index in [1.807, 2.05) is 6.92 Å². The zero-order valence-corrected chi connectivity index (χ0v) is 10.4. The smallest absolute Gasteiger partial charge is 0.330 e. The van der Waals surface area contributed by atoms with Crippen LogP contribution in [-0.4, -0.2) is 17.5 Å². The molecule has 0 radical (unpaired) electrons. The van der Waals surface area contributed by atoms with Crippen LogP contribution < -0.4 is 0 Å². The Morgan fingerprint density at radius 1 is 1.50 bits per heavy atom. The van der Waals surface area contributed by atoms with Gasteiger partial charge in [-0.3, -0.25) is 0 Å². The van der Waals surface area contributed by atoms with Crippen molar-refractivity contribution in [2.45, 2.75) is 31.6 Å². The molecule has 0 saturated heterocycles. The molecule has 14 heavy (non-hydrogen) atoms. The highest BCUT2D eigenvalue weighted by atomic mass is 35.5. The van der Waals surface area contributed by atoms with E-state index in [1.165, 1.54) is 13.0 Å². The van der Waals surface area contributed by atoms with Crippen LogP contribution in [-0.2, 0) is 9.53 Å². The normalized spacial score (nSPS) is 14.4. The highest BCUT2D eigenvalue weighted by molar-refractivity contribution is 6.56. The summed E-state index contributed by atoms with van der Waals surface area (Å²) in [6, 6.07) is 0. The van der Waals surface area contributed by atoms with Crippen LogP contribution in [0.1, 0.15) is 26.7 Å². The van der Waals surface area contributed by atoms with Crippen LogP contribution in [0.4, 0.5) is 0 Å². The van der Waals surface area contributed by atoms with Gasteiger partial charge in [-0.05, 0) is 19.4 Å². The minimum Gasteiger partial charge on any atom is -0.464 e. The molecule has 0 saturated carbocycles. The fraction of sp³-hybridized carbons (Fsp3) is 0.667. The van der Waals surface area contributed by atoms with Crippen molar-refractivity contribution >= 4 is 40.8 Å². The third-order valence-corrected chi connectivity index (χ3v) is 1.99. The molecule has 0 heterocycles. The second-order valence-corrected chi connectivity index (χ2v) is 4.79. The minimum atomic E-state index is -1.29. The zero-order chi connectivity index (χ0) is 11.2. The first-order valence-corrected chi connectivity index (χ1v) is 5.43. The van der Waals surface area contributed by atoms with Gasteiger partial charge in [0.2, 0.25) is 0 Å². The number of carbonyl (C=O) groups is 1. The third kappa shape index (κ3) is 5.74. The summed E-state index contributed by atoms with van der Waals surface area (Å²) in [6.07, 6.45) is 3.02. The van der Waals surface area contributed by atoms with Gasteiger partial charge in [0.15, 0.2) is 4.87 Å². The van der Waals surface area contributed by atoms with Gasteiger partial charge in [0.25, 0.3) is 0 Å². The molecule has 82 valence electrons. The monoisotopic (exact) mass is 258 g/mol. The van der Waals surface area contributed by atoms with Crippen LogP contribution in [0.25, 0.3) is 0 Å². The van der Waals surface area contributed by atoms with Gasteiger partial charge in [-0.2, -0.15) is 0 Å². The van der Waals surface area contributed by atoms with Gasteiger partial charge >= 0.3 is 5.97 Å². The molecule has 0 fully saturated rings. The second-order valence-electron chi connectivity index (χ2n) is 3.00. The van der Waals surface area contributed by atoms with Gasteiger partial charge in [0.05, 0.1) is 6.61 Å². The van der Waals surface area contributed by atoms with E-state index in [0.29, 0.717) is 6.61 Å². The van der Waals surface area contributed by atoms with Crippen molar-refractivity contribution in [2.24, 2.45) is 0 Å². The number of carbonyl (C=O) groups excluding carboxylic acids is 1. The molecule has 2 nitrogen and oxygen atoms in total. The van der Waals surface area contributed by atoms with Crippen molar-refractivity contribution in [3.8, 4) is 0 Å². The van der Waals surface area contributed by atoms with Crippen molar-refractivity contribution in [2.75, 3.05) is 6.61 Å². The molecule has 5 heteroatoms. The van der Waals surface area contributed by atoms with E-state index in [4.69, 9.17) is 39.5 Å². The maximum atomic E-state index is 11.4. The first-order valence-electron chi connectivity index (χ1n) is 4.30. The molecule has 0 aliphatic rings. The molecule has 0 aromatic rings. The van der Waals surface area contributed by atoms with Crippen LogP contribution in [0.15, 0.2) is 10.6 Å². The minimum absolute atomic E-state index is 0.0464. The molecular weight excluding hydrogens is 246 g/mol. The predicted molar refractivity (Wildman–Crippen MR) is 59.9 cm³/mol. The van der Waals surface area contributed by atoms with Crippen molar-refractivity contribution in [3.63, 3.8) is 0 Å². The highest BCUT2D eigenvalue weighted by Gasteiger charge is 2.30. The zero-order valence-electron chi connectivity index (χ0n) is 8.15. The quantitative estimate of drug-likeness (QED) is 0.428. The second kappa shape index (κ2) is 6.54. The predicted octanol–water partition coefficient (Wildman–Crippen LogP) is 3.65. The molecule has 0 aliphatic carbocycles. The Labute approximate surface area is 99.2 Å². The van der Waals surface area contributed by atoms with Crippen molar-refractivity contribution in [1.29, 1.82) is 0 Å². The Bertz CT molecular complexity index is 220. The molecule has 0 aromatic heterocycles. The number of esters is 1. The molecule has 0 rings (SSSR count). The van der Waals surface area contributed by atoms with Crippen LogP contribution >= 0.6 is 34.8 Å². The van der Waals surface area contributed by atoms with E-state index in [-0.39, 0.29) is 4.49 Å². The number of alkyl halides is 1. The van der Waals surface area contributed by atoms with Gasteiger partial charge in [0, 0.05) is 0 Å². The lowest BCUT2D eigenvalue weighted by molar-refractivity contribution is -0.145. The van der Waals surface area contributed by atoms with Crippen molar-refractivity contribution < 1.29 is 9.53 Å². The first kappa shape index (κ1) is 14.1. The number of hydrogen-bond donors (Lipinski definition) is 0. The van der Waals surface area contributed by atoms with Gasteiger partial charge in [-0.15, -0.1) is 11.6 Å². The summed E-state index contributed by atoms with van der Waals surface area (Å²) < 4.78 is 4.87. The number of unbranched alkanes of at least 4 members (excludes halogenated alkanes) is 1. The molecule has 0 spiro atoms. The molecule has 0 aliphatic heterocycles. The van der Waals surface area contributed by atoms with Crippen LogP contribution in [0.5, 0.6) is 0 Å². The Morgan fingerprint density at radius 3 is 2.50 bits per heavy atom. The Hall–Kier alpha value is 0.0800. The topological polar surface area (TPSA) is 26.3 Å². The Kier molecular flexibility index (Phi) is 6.58. The lowest BCUT2D eigenvalue weighted by atomic mass is 10.2. The lowest BCUT2D eigenvalue weighted by Gasteiger charge is -2.15. The Balaban J connectivity index is 4.15. The van der Waals surface area contributed by atoms with E-state index in [2.05, 4.69) is 0 Å². The van der Waals surface area contributed by atoms with Gasteiger partial charge < -0.3 is 4.74 Å². The largest absolute Gasteiger partial charge is 0.464 e. The number of hydrogen-bond acceptors (Lipinski definition) is 2. The fourth-order valence-electron chi connectivity index (χ4n) is 0.714. The Morgan fingerprint density at radius 2 is 2.07 bits per heavy atom. The van der Waals surface area contributed by atoms with E-state index >= 15 is 0 Å². The summed E-state index contributed by atoms with van der Waals surface area (Å²) in [5, 5.41) is 0. The molecule has 1 atom stereocenters. The summed E-state index contributed by atoms with van der Waals surface area (Å²) in [6.45, 7) is 3.85. The van der Waals surface area contributed by atoms with Crippen LogP contribution in [0, 0.1) is 0 Å². The average molecular weight is 260 g/mol. The van der Waals surface area contributed by atoms with E-state index in [1.54, 1.807) is 0 Å². The highest BCUT2D eigenvalue weighted by Crippen LogP contribution is 2.23. The lowest BCUT2D eigenvalue weighted by Crippen LogP contribution is -2.29. The number of halogens is 3. The van der Waals surface area contributed by atoms with E-state index < -0.39 is 10.8 Å². The standard InChI is InChI=1S/C9H13Cl3O2/c1-3-4-5-14-8(13)9(2,12)6-7(10)11/h6H,3-5H2,1-2H3. The molecule has 0 bridgehead atoms. The summed E-state index contributed by atoms with van der Waals surface area (Å²) in [7, 11) is 0. The summed E-state index contributed by atoms with van der Waals surface area (Å²) in [5.74, 6) is -0.536.